The van der Waals surface area contributed by atoms with Crippen LogP contribution in [0.3, 0.4) is 0 Å². The highest BCUT2D eigenvalue weighted by atomic mass is 19.3. The smallest absolute Gasteiger partial charge is 0.396 e. The zero-order chi connectivity index (χ0) is 21.2. The number of likely N-dealkylation sites (tertiary alicyclic amines) is 1. The zero-order valence-corrected chi connectivity index (χ0v) is 16.7. The summed E-state index contributed by atoms with van der Waals surface area (Å²) in [6.45, 7) is 3.11. The van der Waals surface area contributed by atoms with Crippen LogP contribution in [0.4, 0.5) is 14.6 Å². The van der Waals surface area contributed by atoms with Gasteiger partial charge in [-0.25, -0.2) is 0 Å². The van der Waals surface area contributed by atoms with E-state index < -0.39 is 11.9 Å². The quantitative estimate of drug-likeness (QED) is 0.779. The van der Waals surface area contributed by atoms with Crippen LogP contribution in [-0.2, 0) is 11.3 Å². The number of ether oxygens (including phenoxy) is 3. The molecule has 4 aliphatic heterocycles. The number of para-hydroxylation sites is 1. The van der Waals surface area contributed by atoms with Crippen LogP contribution < -0.4 is 14.4 Å². The predicted molar refractivity (Wildman–Crippen MR) is 104 cm³/mol. The van der Waals surface area contributed by atoms with Gasteiger partial charge in [0.15, 0.2) is 17.3 Å². The van der Waals surface area contributed by atoms with Crippen molar-refractivity contribution >= 4 is 5.82 Å². The average Bonchev–Trinajstić information content (AvgIpc) is 3.31. The normalized spacial score (nSPS) is 33.0. The number of nitrogens with zero attached hydrogens (tertiary/aromatic N) is 4. The Hall–Kier alpha value is -2.56. The van der Waals surface area contributed by atoms with Crippen molar-refractivity contribution < 1.29 is 28.1 Å². The lowest BCUT2D eigenvalue weighted by Crippen LogP contribution is -2.54. The molecule has 3 fully saturated rings. The first-order valence-corrected chi connectivity index (χ1v) is 10.4. The number of rotatable bonds is 4. The molecule has 0 saturated carbocycles. The van der Waals surface area contributed by atoms with E-state index in [0.29, 0.717) is 38.3 Å². The molecule has 0 radical (unpaired) electrons. The highest BCUT2D eigenvalue weighted by molar-refractivity contribution is 5.49. The summed E-state index contributed by atoms with van der Waals surface area (Å²) in [5.41, 5.74) is 0.192. The Bertz CT molecular complexity index is 997. The van der Waals surface area contributed by atoms with Crippen molar-refractivity contribution in [3.63, 3.8) is 0 Å². The van der Waals surface area contributed by atoms with E-state index in [1.807, 2.05) is 12.1 Å². The Morgan fingerprint density at radius 1 is 1.13 bits per heavy atom. The van der Waals surface area contributed by atoms with Gasteiger partial charge in [-0.3, -0.25) is 4.90 Å². The number of aliphatic hydroxyl groups is 1. The van der Waals surface area contributed by atoms with E-state index >= 15 is 0 Å². The maximum absolute atomic E-state index is 13.6. The van der Waals surface area contributed by atoms with E-state index in [9.17, 15) is 13.9 Å². The second-order valence-electron chi connectivity index (χ2n) is 8.72. The molecule has 1 aromatic heterocycles. The van der Waals surface area contributed by atoms with Gasteiger partial charge in [0.05, 0.1) is 12.6 Å². The van der Waals surface area contributed by atoms with Crippen molar-refractivity contribution in [3.8, 4) is 11.5 Å². The summed E-state index contributed by atoms with van der Waals surface area (Å²) < 4.78 is 43.0. The molecule has 4 atom stereocenters. The minimum absolute atomic E-state index is 0.0112. The number of aliphatic hydroxyl groups excluding tert-OH is 1. The van der Waals surface area contributed by atoms with Crippen LogP contribution in [0.2, 0.25) is 0 Å². The van der Waals surface area contributed by atoms with Gasteiger partial charge < -0.3 is 24.2 Å². The molecule has 0 aliphatic carbocycles. The van der Waals surface area contributed by atoms with Gasteiger partial charge in [-0.15, -0.1) is 13.9 Å². The number of hydrogen-bond donors (Lipinski definition) is 1. The van der Waals surface area contributed by atoms with Crippen molar-refractivity contribution in [1.82, 2.24) is 15.1 Å². The molecule has 2 aromatic rings. The van der Waals surface area contributed by atoms with Crippen molar-refractivity contribution in [1.29, 1.82) is 0 Å². The molecule has 8 nitrogen and oxygen atoms in total. The number of halogens is 2. The molecule has 6 rings (SSSR count). The van der Waals surface area contributed by atoms with Crippen LogP contribution in [0.25, 0.3) is 0 Å². The molecular weight excluding hydrogens is 410 g/mol. The molecular formula is C21H22F2N4O4. The number of morpholine rings is 1. The van der Waals surface area contributed by atoms with E-state index in [0.717, 1.165) is 5.82 Å². The molecule has 0 unspecified atom stereocenters. The SMILES string of the molecule is OC[C@H]1[C@H]2CN(Cc3cccc4c3OC(F)(F)O4)C[C@]23CN(c2cccnn2)C[C@H]1O3. The summed E-state index contributed by atoms with van der Waals surface area (Å²) in [5, 5.41) is 18.3. The van der Waals surface area contributed by atoms with E-state index in [2.05, 4.69) is 24.7 Å². The van der Waals surface area contributed by atoms with Gasteiger partial charge in [0.1, 0.15) is 5.60 Å². The van der Waals surface area contributed by atoms with E-state index in [4.69, 9.17) is 9.47 Å². The topological polar surface area (TPSA) is 80.2 Å². The minimum atomic E-state index is -3.64. The monoisotopic (exact) mass is 432 g/mol. The summed E-state index contributed by atoms with van der Waals surface area (Å²) in [6, 6.07) is 8.72. The van der Waals surface area contributed by atoms with Gasteiger partial charge in [0.25, 0.3) is 0 Å². The molecule has 4 aliphatic rings. The summed E-state index contributed by atoms with van der Waals surface area (Å²) in [7, 11) is 0. The van der Waals surface area contributed by atoms with E-state index in [1.54, 1.807) is 18.3 Å². The maximum Gasteiger partial charge on any atom is 0.586 e. The van der Waals surface area contributed by atoms with Crippen LogP contribution in [0, 0.1) is 11.8 Å². The van der Waals surface area contributed by atoms with Crippen LogP contribution in [-0.4, -0.2) is 71.0 Å². The third kappa shape index (κ3) is 3.04. The lowest BCUT2D eigenvalue weighted by atomic mass is 9.83. The van der Waals surface area contributed by atoms with Crippen LogP contribution in [0.5, 0.6) is 11.5 Å². The van der Waals surface area contributed by atoms with Gasteiger partial charge >= 0.3 is 6.29 Å². The first kappa shape index (κ1) is 19.1. The second kappa shape index (κ2) is 6.72. The molecule has 1 N–H and O–H groups in total. The first-order valence-electron chi connectivity index (χ1n) is 10.4. The summed E-state index contributed by atoms with van der Waals surface area (Å²) in [5.74, 6) is 1.08. The standard InChI is InChI=1S/C21H22F2N4O4/c22-21(23)30-16-4-1-3-13(19(16)31-21)7-26-8-15-14(10-28)17-9-27(12-20(15,11-26)29-17)18-5-2-6-24-25-18/h1-6,14-15,17,28H,7-12H2/t14-,15+,17+,20-/m0/s1. The fourth-order valence-corrected chi connectivity index (χ4v) is 5.68. The Balaban J connectivity index is 1.26. The summed E-state index contributed by atoms with van der Waals surface area (Å²) in [4.78, 5) is 4.35. The average molecular weight is 432 g/mol. The fourth-order valence-electron chi connectivity index (χ4n) is 5.68. The van der Waals surface area contributed by atoms with Crippen molar-refractivity contribution in [2.45, 2.75) is 24.5 Å². The third-order valence-corrected chi connectivity index (χ3v) is 6.86. The number of anilines is 1. The van der Waals surface area contributed by atoms with Gasteiger partial charge in [-0.1, -0.05) is 12.1 Å². The lowest BCUT2D eigenvalue weighted by Gasteiger charge is -2.40. The number of benzene rings is 1. The number of hydrogen-bond acceptors (Lipinski definition) is 8. The molecule has 5 heterocycles. The van der Waals surface area contributed by atoms with Gasteiger partial charge in [-0.2, -0.15) is 5.10 Å². The molecule has 1 aromatic carbocycles. The molecule has 3 saturated heterocycles. The van der Waals surface area contributed by atoms with Crippen molar-refractivity contribution in [2.75, 3.05) is 37.7 Å². The molecule has 1 spiro atoms. The minimum Gasteiger partial charge on any atom is -0.396 e. The zero-order valence-electron chi connectivity index (χ0n) is 16.7. The number of aromatic nitrogens is 2. The Kier molecular flexibility index (Phi) is 4.15. The van der Waals surface area contributed by atoms with Crippen LogP contribution in [0.1, 0.15) is 5.56 Å². The highest BCUT2D eigenvalue weighted by Crippen LogP contribution is 2.50. The molecule has 0 amide bonds. The Labute approximate surface area is 177 Å². The highest BCUT2D eigenvalue weighted by Gasteiger charge is 2.62. The van der Waals surface area contributed by atoms with Crippen molar-refractivity contribution in [3.05, 3.63) is 42.1 Å². The molecule has 10 heteroatoms. The predicted octanol–water partition coefficient (Wildman–Crippen LogP) is 1.50. The van der Waals surface area contributed by atoms with E-state index in [1.165, 1.54) is 6.07 Å². The largest absolute Gasteiger partial charge is 0.586 e. The Morgan fingerprint density at radius 2 is 2.03 bits per heavy atom. The Morgan fingerprint density at radius 3 is 2.84 bits per heavy atom. The number of alkyl halides is 2. The van der Waals surface area contributed by atoms with Gasteiger partial charge in [0.2, 0.25) is 0 Å². The van der Waals surface area contributed by atoms with E-state index in [-0.39, 0.29) is 36.0 Å². The first-order chi connectivity index (χ1) is 15.0. The van der Waals surface area contributed by atoms with Gasteiger partial charge in [0, 0.05) is 56.4 Å². The maximum atomic E-state index is 13.6. The van der Waals surface area contributed by atoms with Gasteiger partial charge in [-0.05, 0) is 18.2 Å². The number of fused-ring (bicyclic) bond motifs is 2. The second-order valence-corrected chi connectivity index (χ2v) is 8.72. The molecule has 2 bridgehead atoms. The summed E-state index contributed by atoms with van der Waals surface area (Å²) in [6.07, 6.45) is -2.08. The lowest BCUT2D eigenvalue weighted by molar-refractivity contribution is -0.287. The van der Waals surface area contributed by atoms with Crippen molar-refractivity contribution in [2.24, 2.45) is 11.8 Å². The molecule has 31 heavy (non-hydrogen) atoms. The van der Waals surface area contributed by atoms with Crippen LogP contribution >= 0.6 is 0 Å². The summed E-state index contributed by atoms with van der Waals surface area (Å²) >= 11 is 0. The fraction of sp³-hybridized carbons (Fsp3) is 0.524. The molecule has 164 valence electrons. The third-order valence-electron chi connectivity index (χ3n) is 6.86. The van der Waals surface area contributed by atoms with Crippen LogP contribution in [0.15, 0.2) is 36.5 Å².